The van der Waals surface area contributed by atoms with E-state index in [1.54, 1.807) is 38.1 Å². The number of hydrogen-bond donors (Lipinski definition) is 3. The van der Waals surface area contributed by atoms with Gasteiger partial charge in [-0.1, -0.05) is 67.9 Å². The molecule has 2 atom stereocenters. The second kappa shape index (κ2) is 13.2. The van der Waals surface area contributed by atoms with Gasteiger partial charge in [-0.2, -0.15) is 31.4 Å². The Morgan fingerprint density at radius 3 is 2.18 bits per heavy atom. The summed E-state index contributed by atoms with van der Waals surface area (Å²) in [6.45, 7) is 3.34. The van der Waals surface area contributed by atoms with E-state index in [1.165, 1.54) is 5.01 Å². The summed E-state index contributed by atoms with van der Waals surface area (Å²) in [6, 6.07) is 18.5. The maximum atomic E-state index is 13.4. The van der Waals surface area contributed by atoms with E-state index in [9.17, 15) is 30.0 Å². The van der Waals surface area contributed by atoms with Gasteiger partial charge in [-0.3, -0.25) is 0 Å². The summed E-state index contributed by atoms with van der Waals surface area (Å²) in [4.78, 5) is 3.97. The van der Waals surface area contributed by atoms with Gasteiger partial charge in [-0.05, 0) is 53.4 Å². The smallest absolute Gasteiger partial charge is 0.249 e. The number of guanidine groups is 1. The van der Waals surface area contributed by atoms with Crippen molar-refractivity contribution in [3.05, 3.63) is 101 Å². The lowest BCUT2D eigenvalue weighted by Gasteiger charge is -2.23. The third-order valence-corrected chi connectivity index (χ3v) is 9.00. The van der Waals surface area contributed by atoms with Gasteiger partial charge in [0.15, 0.2) is 0 Å². The summed E-state index contributed by atoms with van der Waals surface area (Å²) in [5.41, 5.74) is 1.16. The summed E-state index contributed by atoms with van der Waals surface area (Å²) in [5, 5.41) is 11.7. The molecule has 4 N–H and O–H groups in total. The number of rotatable bonds is 9. The van der Waals surface area contributed by atoms with Crippen LogP contribution in [0.4, 0.5) is 13.2 Å². The van der Waals surface area contributed by atoms with Crippen molar-refractivity contribution in [3.8, 4) is 0 Å². The Labute approximate surface area is 259 Å². The molecule has 44 heavy (non-hydrogen) atoms. The number of alkyl halides is 3. The minimum Gasteiger partial charge on any atom is -0.249 e. The van der Waals surface area contributed by atoms with E-state index in [0.29, 0.717) is 28.4 Å². The van der Waals surface area contributed by atoms with E-state index in [0.717, 1.165) is 17.7 Å². The van der Waals surface area contributed by atoms with Gasteiger partial charge in [0.25, 0.3) is 20.2 Å². The molecule has 0 bridgehead atoms. The van der Waals surface area contributed by atoms with Gasteiger partial charge in [-0.15, -0.1) is 0 Å². The average Bonchev–Trinajstić information content (AvgIpc) is 3.40. The van der Waals surface area contributed by atoms with Gasteiger partial charge in [0.05, 0.1) is 29.3 Å². The molecular weight excluding hydrogens is 641 g/mol. The molecule has 0 saturated carbocycles. The molecule has 236 valence electrons. The Bertz CT molecular complexity index is 1730. The van der Waals surface area contributed by atoms with Crippen molar-refractivity contribution in [2.75, 3.05) is 13.1 Å². The van der Waals surface area contributed by atoms with Gasteiger partial charge in [0.2, 0.25) is 5.96 Å². The molecule has 0 amide bonds. The quantitative estimate of drug-likeness (QED) is 0.229. The lowest BCUT2D eigenvalue weighted by atomic mass is 9.91. The van der Waals surface area contributed by atoms with Crippen LogP contribution in [0.1, 0.15) is 36.5 Å². The second-order valence-electron chi connectivity index (χ2n) is 10.3. The zero-order chi connectivity index (χ0) is 32.3. The molecule has 0 aliphatic carbocycles. The normalized spacial score (nSPS) is 17.1. The van der Waals surface area contributed by atoms with Crippen molar-refractivity contribution in [1.29, 1.82) is 0 Å². The maximum Gasteiger partial charge on any atom is 0.416 e. The van der Waals surface area contributed by atoms with Crippen LogP contribution in [0, 0.1) is 5.92 Å². The van der Waals surface area contributed by atoms with Crippen molar-refractivity contribution >= 4 is 43.5 Å². The summed E-state index contributed by atoms with van der Waals surface area (Å²) in [5.74, 6) is -0.910. The van der Waals surface area contributed by atoms with Crippen LogP contribution in [0.3, 0.4) is 0 Å². The third-order valence-electron chi connectivity index (χ3n) is 6.78. The van der Waals surface area contributed by atoms with Crippen molar-refractivity contribution in [2.24, 2.45) is 21.2 Å². The molecule has 0 spiro atoms. The molecule has 1 aliphatic rings. The first-order chi connectivity index (χ1) is 20.5. The Morgan fingerprint density at radius 1 is 1.02 bits per heavy atom. The molecule has 16 heteroatoms. The predicted molar refractivity (Wildman–Crippen MR) is 163 cm³/mol. The van der Waals surface area contributed by atoms with Crippen molar-refractivity contribution in [3.63, 3.8) is 0 Å². The van der Waals surface area contributed by atoms with Crippen LogP contribution in [0.15, 0.2) is 93.9 Å². The Kier molecular flexibility index (Phi) is 10.0. The Hall–Kier alpha value is -3.50. The van der Waals surface area contributed by atoms with Gasteiger partial charge in [0, 0.05) is 17.0 Å². The summed E-state index contributed by atoms with van der Waals surface area (Å²) in [6.07, 6.45) is -4.65. The monoisotopic (exact) mass is 670 g/mol. The molecular formula is C28H30ClF3N6O4S2. The minimum atomic E-state index is -4.65. The molecule has 1 unspecified atom stereocenters. The Morgan fingerprint density at radius 2 is 1.64 bits per heavy atom. The fourth-order valence-electron chi connectivity index (χ4n) is 4.41. The van der Waals surface area contributed by atoms with E-state index in [1.807, 2.05) is 30.3 Å². The summed E-state index contributed by atoms with van der Waals surface area (Å²) < 4.78 is 94.3. The van der Waals surface area contributed by atoms with E-state index in [4.69, 9.17) is 21.8 Å². The van der Waals surface area contributed by atoms with Gasteiger partial charge >= 0.3 is 6.18 Å². The van der Waals surface area contributed by atoms with E-state index < -0.39 is 42.9 Å². The zero-order valence-corrected chi connectivity index (χ0v) is 25.9. The number of halogens is 4. The fourth-order valence-corrected chi connectivity index (χ4v) is 6.33. The predicted octanol–water partition coefficient (Wildman–Crippen LogP) is 4.31. The van der Waals surface area contributed by atoms with Crippen LogP contribution in [-0.4, -0.2) is 52.6 Å². The number of benzene rings is 3. The first-order valence-corrected chi connectivity index (χ1v) is 16.7. The lowest BCUT2D eigenvalue weighted by molar-refractivity contribution is -0.137. The standard InChI is InChI=1S/C28H30ClF3N6O4S2/c1-18(2)25(36-44(33,41)42)16-34-27(37-43(39,40)23-14-10-21(11-15-23)28(30,31)32)38-17-24(19-6-4-3-5-7-19)26(35-38)20-8-12-22(29)13-9-20/h3-15,18,24-25,36H,16-17H2,1-2H3,(H,34,37)(H2,33,41,42)/t24-,25?/m1/s1. The first kappa shape index (κ1) is 33.4. The average molecular weight is 671 g/mol. The fraction of sp³-hybridized carbons (Fsp3) is 0.286. The zero-order valence-electron chi connectivity index (χ0n) is 23.5. The molecule has 10 nitrogen and oxygen atoms in total. The number of nitrogens with two attached hydrogens (primary N) is 1. The van der Waals surface area contributed by atoms with Crippen LogP contribution >= 0.6 is 11.6 Å². The van der Waals surface area contributed by atoms with Crippen molar-refractivity contribution in [1.82, 2.24) is 14.5 Å². The van der Waals surface area contributed by atoms with Gasteiger partial charge in [-0.25, -0.2) is 28.3 Å². The summed E-state index contributed by atoms with van der Waals surface area (Å²) in [7, 11) is -8.60. The minimum absolute atomic E-state index is 0.130. The van der Waals surface area contributed by atoms with Crippen molar-refractivity contribution in [2.45, 2.75) is 36.9 Å². The number of nitrogens with zero attached hydrogens (tertiary/aromatic N) is 3. The Balaban J connectivity index is 1.77. The second-order valence-corrected chi connectivity index (χ2v) is 13.8. The molecule has 3 aromatic carbocycles. The SMILES string of the molecule is CC(C)C(CN=C(NS(=O)(=O)c1ccc(C(F)(F)F)cc1)N1C[C@H](c2ccccc2)C(c2ccc(Cl)cc2)=N1)NS(N)(=O)=O. The van der Waals surface area contributed by atoms with Crippen LogP contribution in [0.25, 0.3) is 0 Å². The van der Waals surface area contributed by atoms with Crippen LogP contribution in [0.2, 0.25) is 5.02 Å². The highest BCUT2D eigenvalue weighted by Gasteiger charge is 2.34. The molecule has 3 aromatic rings. The van der Waals surface area contributed by atoms with Crippen LogP contribution in [0.5, 0.6) is 0 Å². The molecule has 0 saturated heterocycles. The topological polar surface area (TPSA) is 146 Å². The molecule has 0 radical (unpaired) electrons. The lowest BCUT2D eigenvalue weighted by Crippen LogP contribution is -2.46. The number of hydrazone groups is 1. The number of aliphatic imine (C=N–C) groups is 1. The number of hydrogen-bond acceptors (Lipinski definition) is 6. The van der Waals surface area contributed by atoms with Crippen LogP contribution < -0.4 is 14.6 Å². The first-order valence-electron chi connectivity index (χ1n) is 13.2. The van der Waals surface area contributed by atoms with E-state index >= 15 is 0 Å². The highest BCUT2D eigenvalue weighted by Crippen LogP contribution is 2.31. The molecule has 0 fully saturated rings. The number of nitrogens with one attached hydrogen (secondary N) is 2. The largest absolute Gasteiger partial charge is 0.416 e. The van der Waals surface area contributed by atoms with Gasteiger partial charge < -0.3 is 0 Å². The molecule has 1 aliphatic heterocycles. The molecule has 4 rings (SSSR count). The highest BCUT2D eigenvalue weighted by molar-refractivity contribution is 7.90. The highest BCUT2D eigenvalue weighted by atomic mass is 35.5. The number of sulfonamides is 1. The van der Waals surface area contributed by atoms with E-state index in [2.05, 4.69) is 14.4 Å². The summed E-state index contributed by atoms with van der Waals surface area (Å²) >= 11 is 6.09. The molecule has 0 aromatic heterocycles. The third kappa shape index (κ3) is 8.57. The van der Waals surface area contributed by atoms with Crippen LogP contribution in [-0.2, 0) is 26.4 Å². The van der Waals surface area contributed by atoms with E-state index in [-0.39, 0.29) is 30.9 Å². The van der Waals surface area contributed by atoms with Gasteiger partial charge in [0.1, 0.15) is 0 Å². The molecule has 1 heterocycles. The maximum absolute atomic E-state index is 13.4. The van der Waals surface area contributed by atoms with Crippen molar-refractivity contribution < 1.29 is 30.0 Å².